The number of carbonyl (C=O) groups excluding carboxylic acids is 4. The summed E-state index contributed by atoms with van der Waals surface area (Å²) in [5, 5.41) is 0.476. The Morgan fingerprint density at radius 3 is 1.81 bits per heavy atom. The Kier molecular flexibility index (Phi) is 8.02. The molecule has 1 amide bonds. The SMILES string of the molecule is CC(=O)O[C@@H]1[C@@H](OC(C)=O)[C@@H](Br)O[C@H](CNC(=O)C(F)(F)F)[C@H]1OC(C)=O. The van der Waals surface area contributed by atoms with Crippen molar-refractivity contribution in [1.29, 1.82) is 0 Å². The molecule has 1 fully saturated rings. The Labute approximate surface area is 159 Å². The van der Waals surface area contributed by atoms with Gasteiger partial charge in [-0.25, -0.2) is 0 Å². The third-order valence-electron chi connectivity index (χ3n) is 3.20. The Bertz CT molecular complexity index is 599. The maximum Gasteiger partial charge on any atom is 0.471 e. The zero-order chi connectivity index (χ0) is 20.9. The largest absolute Gasteiger partial charge is 0.471 e. The molecule has 27 heavy (non-hydrogen) atoms. The highest BCUT2D eigenvalue weighted by molar-refractivity contribution is 9.09. The molecule has 13 heteroatoms. The predicted molar refractivity (Wildman–Crippen MR) is 83.3 cm³/mol. The summed E-state index contributed by atoms with van der Waals surface area (Å²) < 4.78 is 57.6. The molecule has 154 valence electrons. The van der Waals surface area contributed by atoms with Gasteiger partial charge in [0, 0.05) is 27.3 Å². The van der Waals surface area contributed by atoms with Gasteiger partial charge in [0.15, 0.2) is 23.3 Å². The first-order chi connectivity index (χ1) is 12.3. The fourth-order valence-corrected chi connectivity index (χ4v) is 2.99. The standard InChI is InChI=1S/C14H17BrF3NO8/c1-5(20)24-9-8(4-19-13(23)14(16,17)18)27-12(15)11(26-7(3)22)10(9)25-6(2)21/h8-12H,4H2,1-3H3,(H,19,23)/t8-,9-,10+,11-,12+/m1/s1. The van der Waals surface area contributed by atoms with Gasteiger partial charge in [0.1, 0.15) is 6.10 Å². The fourth-order valence-electron chi connectivity index (χ4n) is 2.30. The van der Waals surface area contributed by atoms with Crippen molar-refractivity contribution in [2.45, 2.75) is 56.4 Å². The van der Waals surface area contributed by atoms with Gasteiger partial charge in [0.25, 0.3) is 0 Å². The Balaban J connectivity index is 3.10. The van der Waals surface area contributed by atoms with E-state index in [0.29, 0.717) is 0 Å². The van der Waals surface area contributed by atoms with Crippen molar-refractivity contribution in [2.24, 2.45) is 0 Å². The van der Waals surface area contributed by atoms with E-state index in [2.05, 4.69) is 15.9 Å². The van der Waals surface area contributed by atoms with Gasteiger partial charge < -0.3 is 24.3 Å². The number of hydrogen-bond acceptors (Lipinski definition) is 8. The first-order valence-electron chi connectivity index (χ1n) is 7.49. The average molecular weight is 464 g/mol. The second-order valence-electron chi connectivity index (χ2n) is 5.46. The van der Waals surface area contributed by atoms with Gasteiger partial charge in [0.2, 0.25) is 0 Å². The van der Waals surface area contributed by atoms with Crippen LogP contribution in [0.4, 0.5) is 13.2 Å². The quantitative estimate of drug-likeness (QED) is 0.357. The number of nitrogens with one attached hydrogen (secondary N) is 1. The van der Waals surface area contributed by atoms with Crippen LogP contribution in [0.25, 0.3) is 0 Å². The van der Waals surface area contributed by atoms with E-state index in [1.165, 1.54) is 0 Å². The summed E-state index contributed by atoms with van der Waals surface area (Å²) in [6.45, 7) is 2.40. The molecule has 1 saturated heterocycles. The van der Waals surface area contributed by atoms with Crippen LogP contribution in [0.5, 0.6) is 0 Å². The molecular weight excluding hydrogens is 447 g/mol. The third kappa shape index (κ3) is 6.97. The average Bonchev–Trinajstić information content (AvgIpc) is 2.49. The van der Waals surface area contributed by atoms with Gasteiger partial charge in [0.05, 0.1) is 0 Å². The molecule has 0 aromatic heterocycles. The molecule has 1 aliphatic heterocycles. The molecular formula is C14H17BrF3NO8. The van der Waals surface area contributed by atoms with Gasteiger partial charge in [-0.2, -0.15) is 13.2 Å². The summed E-state index contributed by atoms with van der Waals surface area (Å²) in [4.78, 5) is 45.1. The topological polar surface area (TPSA) is 117 Å². The summed E-state index contributed by atoms with van der Waals surface area (Å²) in [5.74, 6) is -4.68. The van der Waals surface area contributed by atoms with E-state index >= 15 is 0 Å². The molecule has 1 N–H and O–H groups in total. The highest BCUT2D eigenvalue weighted by Crippen LogP contribution is 2.31. The van der Waals surface area contributed by atoms with Crippen LogP contribution < -0.4 is 5.32 Å². The molecule has 0 saturated carbocycles. The van der Waals surface area contributed by atoms with Crippen molar-refractivity contribution in [3.63, 3.8) is 0 Å². The van der Waals surface area contributed by atoms with Crippen molar-refractivity contribution < 1.29 is 51.3 Å². The second kappa shape index (κ2) is 9.35. The molecule has 1 heterocycles. The van der Waals surface area contributed by atoms with Crippen molar-refractivity contribution >= 4 is 39.7 Å². The second-order valence-corrected chi connectivity index (χ2v) is 6.36. The van der Waals surface area contributed by atoms with E-state index < -0.39 is 66.0 Å². The Morgan fingerprint density at radius 1 is 0.926 bits per heavy atom. The zero-order valence-corrected chi connectivity index (χ0v) is 16.0. The van der Waals surface area contributed by atoms with Crippen LogP contribution >= 0.6 is 15.9 Å². The van der Waals surface area contributed by atoms with Gasteiger partial charge >= 0.3 is 30.0 Å². The normalized spacial score (nSPS) is 28.0. The fraction of sp³-hybridized carbons (Fsp3) is 0.714. The molecule has 9 nitrogen and oxygen atoms in total. The van der Waals surface area contributed by atoms with Gasteiger partial charge in [-0.3, -0.25) is 19.2 Å². The molecule has 0 aromatic rings. The molecule has 0 bridgehead atoms. The van der Waals surface area contributed by atoms with E-state index in [0.717, 1.165) is 20.8 Å². The van der Waals surface area contributed by atoms with E-state index in [-0.39, 0.29) is 0 Å². The maximum absolute atomic E-state index is 12.4. The van der Waals surface area contributed by atoms with E-state index in [1.54, 1.807) is 5.32 Å². The minimum atomic E-state index is -5.13. The first kappa shape index (κ1) is 23.1. The highest BCUT2D eigenvalue weighted by atomic mass is 79.9. The van der Waals surface area contributed by atoms with Gasteiger partial charge in [-0.1, -0.05) is 15.9 Å². The van der Waals surface area contributed by atoms with Gasteiger partial charge in [-0.05, 0) is 0 Å². The zero-order valence-electron chi connectivity index (χ0n) is 14.4. The lowest BCUT2D eigenvalue weighted by Crippen LogP contribution is -2.62. The number of hydrogen-bond donors (Lipinski definition) is 1. The monoisotopic (exact) mass is 463 g/mol. The summed E-state index contributed by atoms with van der Waals surface area (Å²) in [5.41, 5.74) is 0. The predicted octanol–water partition coefficient (Wildman–Crippen LogP) is 0.580. The van der Waals surface area contributed by atoms with Crippen LogP contribution in [-0.2, 0) is 38.1 Å². The van der Waals surface area contributed by atoms with Gasteiger partial charge in [-0.15, -0.1) is 0 Å². The van der Waals surface area contributed by atoms with Crippen LogP contribution in [0.15, 0.2) is 0 Å². The van der Waals surface area contributed by atoms with Crippen molar-refractivity contribution in [3.8, 4) is 0 Å². The lowest BCUT2D eigenvalue weighted by atomic mass is 9.99. The number of carbonyl (C=O) groups is 4. The summed E-state index contributed by atoms with van der Waals surface area (Å²) >= 11 is 3.03. The highest BCUT2D eigenvalue weighted by Gasteiger charge is 2.51. The Hall–Kier alpha value is -1.89. The summed E-state index contributed by atoms with van der Waals surface area (Å²) in [7, 11) is 0. The Morgan fingerprint density at radius 2 is 1.37 bits per heavy atom. The lowest BCUT2D eigenvalue weighted by molar-refractivity contribution is -0.230. The molecule has 0 aliphatic carbocycles. The molecule has 0 unspecified atom stereocenters. The summed E-state index contributed by atoms with van der Waals surface area (Å²) in [6.07, 6.45) is -10.6. The van der Waals surface area contributed by atoms with Crippen LogP contribution in [-0.4, -0.2) is 66.0 Å². The summed E-state index contributed by atoms with van der Waals surface area (Å²) in [6, 6.07) is 0. The van der Waals surface area contributed by atoms with Crippen molar-refractivity contribution in [2.75, 3.05) is 6.54 Å². The van der Waals surface area contributed by atoms with Crippen LogP contribution in [0.2, 0.25) is 0 Å². The number of amides is 1. The molecule has 0 spiro atoms. The molecule has 1 aliphatic rings. The minimum Gasteiger partial charge on any atom is -0.456 e. The molecule has 5 atom stereocenters. The number of rotatable bonds is 5. The smallest absolute Gasteiger partial charge is 0.456 e. The van der Waals surface area contributed by atoms with Crippen LogP contribution in [0, 0.1) is 0 Å². The number of halogens is 4. The third-order valence-corrected chi connectivity index (χ3v) is 3.94. The van der Waals surface area contributed by atoms with E-state index in [4.69, 9.17) is 18.9 Å². The van der Waals surface area contributed by atoms with Crippen molar-refractivity contribution in [3.05, 3.63) is 0 Å². The number of ether oxygens (including phenoxy) is 4. The molecule has 0 aromatic carbocycles. The van der Waals surface area contributed by atoms with E-state index in [1.807, 2.05) is 0 Å². The van der Waals surface area contributed by atoms with Crippen molar-refractivity contribution in [1.82, 2.24) is 5.32 Å². The number of esters is 3. The molecule has 1 rings (SSSR count). The molecule has 0 radical (unpaired) electrons. The minimum absolute atomic E-state index is 0.719. The first-order valence-corrected chi connectivity index (χ1v) is 8.40. The maximum atomic E-state index is 12.4. The lowest BCUT2D eigenvalue weighted by Gasteiger charge is -2.43. The van der Waals surface area contributed by atoms with Crippen LogP contribution in [0.1, 0.15) is 20.8 Å². The number of alkyl halides is 4. The van der Waals surface area contributed by atoms with Crippen LogP contribution in [0.3, 0.4) is 0 Å². The van der Waals surface area contributed by atoms with E-state index in [9.17, 15) is 32.3 Å².